The number of quaternary nitrogens is 1. The van der Waals surface area contributed by atoms with Crippen molar-refractivity contribution in [1.82, 2.24) is 0 Å². The monoisotopic (exact) mass is 292 g/mol. The molecule has 1 atom stereocenters. The molecule has 1 saturated heterocycles. The average Bonchev–Trinajstić information content (AvgIpc) is 2.75. The first-order valence-corrected chi connectivity index (χ1v) is 9.10. The summed E-state index contributed by atoms with van der Waals surface area (Å²) in [6, 6.07) is 0. The van der Waals surface area contributed by atoms with E-state index < -0.39 is 0 Å². The van der Waals surface area contributed by atoms with Crippen LogP contribution in [0.15, 0.2) is 0 Å². The van der Waals surface area contributed by atoms with Crippen molar-refractivity contribution in [3.05, 3.63) is 0 Å². The van der Waals surface area contributed by atoms with E-state index in [4.69, 9.17) is 4.74 Å². The Kier molecular flexibility index (Phi) is 7.49. The van der Waals surface area contributed by atoms with Gasteiger partial charge in [-0.2, -0.15) is 0 Å². The SMILES string of the molecule is C[N+](C)(C)CCOC(=O)CCCC[C@@H]1CCSS1. The fourth-order valence-electron chi connectivity index (χ4n) is 1.71. The summed E-state index contributed by atoms with van der Waals surface area (Å²) in [6.07, 6.45) is 5.31. The lowest BCUT2D eigenvalue weighted by atomic mass is 10.1. The fourth-order valence-corrected chi connectivity index (χ4v) is 4.74. The van der Waals surface area contributed by atoms with Crippen LogP contribution >= 0.6 is 21.6 Å². The molecule has 0 radical (unpaired) electrons. The molecule has 0 amide bonds. The number of carbonyl (C=O) groups excluding carboxylic acids is 1. The van der Waals surface area contributed by atoms with E-state index in [-0.39, 0.29) is 5.97 Å². The van der Waals surface area contributed by atoms with Gasteiger partial charge in [0.25, 0.3) is 0 Å². The minimum absolute atomic E-state index is 0.0306. The zero-order valence-corrected chi connectivity index (χ0v) is 13.4. The number of rotatable bonds is 8. The molecular formula is C13H26NO2S2+. The van der Waals surface area contributed by atoms with E-state index in [0.717, 1.165) is 29.1 Å². The molecule has 0 aromatic carbocycles. The highest BCUT2D eigenvalue weighted by Crippen LogP contribution is 2.39. The van der Waals surface area contributed by atoms with E-state index in [1.54, 1.807) is 0 Å². The van der Waals surface area contributed by atoms with Gasteiger partial charge >= 0.3 is 5.97 Å². The van der Waals surface area contributed by atoms with Crippen LogP contribution in [0.4, 0.5) is 0 Å². The fraction of sp³-hybridized carbons (Fsp3) is 0.923. The first kappa shape index (κ1) is 16.2. The molecule has 1 aliphatic heterocycles. The number of nitrogens with zero attached hydrogens (tertiary/aromatic N) is 1. The summed E-state index contributed by atoms with van der Waals surface area (Å²) in [4.78, 5) is 11.5. The lowest BCUT2D eigenvalue weighted by molar-refractivity contribution is -0.870. The maximum atomic E-state index is 11.5. The number of likely N-dealkylation sites (N-methyl/N-ethyl adjacent to an activating group) is 1. The molecule has 0 aliphatic carbocycles. The Bertz CT molecular complexity index is 248. The predicted octanol–water partition coefficient (Wildman–Crippen LogP) is 2.95. The van der Waals surface area contributed by atoms with Crippen LogP contribution in [0.2, 0.25) is 0 Å². The second kappa shape index (κ2) is 8.33. The van der Waals surface area contributed by atoms with Crippen molar-refractivity contribution in [2.24, 2.45) is 0 Å². The summed E-state index contributed by atoms with van der Waals surface area (Å²) in [6.45, 7) is 1.42. The molecule has 106 valence electrons. The van der Waals surface area contributed by atoms with E-state index in [9.17, 15) is 4.79 Å². The highest BCUT2D eigenvalue weighted by Gasteiger charge is 2.16. The Morgan fingerprint density at radius 2 is 2.11 bits per heavy atom. The molecule has 0 saturated carbocycles. The molecule has 1 aliphatic rings. The Morgan fingerprint density at radius 1 is 1.33 bits per heavy atom. The van der Waals surface area contributed by atoms with Crippen molar-refractivity contribution in [1.29, 1.82) is 0 Å². The second-order valence-corrected chi connectivity index (χ2v) is 8.60. The summed E-state index contributed by atoms with van der Waals surface area (Å²) in [5, 5.41) is 0.823. The minimum atomic E-state index is -0.0306. The number of hydrogen-bond acceptors (Lipinski definition) is 4. The Labute approximate surface area is 119 Å². The first-order valence-electron chi connectivity index (χ1n) is 6.72. The van der Waals surface area contributed by atoms with Crippen LogP contribution in [0.3, 0.4) is 0 Å². The van der Waals surface area contributed by atoms with Gasteiger partial charge in [-0.3, -0.25) is 4.79 Å². The van der Waals surface area contributed by atoms with Crippen molar-refractivity contribution in [3.63, 3.8) is 0 Å². The summed E-state index contributed by atoms with van der Waals surface area (Å²) in [5.41, 5.74) is 0. The molecule has 1 heterocycles. The zero-order valence-electron chi connectivity index (χ0n) is 11.8. The molecule has 5 heteroatoms. The van der Waals surface area contributed by atoms with E-state index in [2.05, 4.69) is 21.1 Å². The molecule has 0 bridgehead atoms. The molecular weight excluding hydrogens is 266 g/mol. The molecule has 0 unspecified atom stereocenters. The van der Waals surface area contributed by atoms with Crippen LogP contribution in [-0.2, 0) is 9.53 Å². The molecule has 1 fully saturated rings. The smallest absolute Gasteiger partial charge is 0.305 e. The molecule has 0 N–H and O–H groups in total. The van der Waals surface area contributed by atoms with Gasteiger partial charge in [0.05, 0.1) is 21.1 Å². The molecule has 18 heavy (non-hydrogen) atoms. The van der Waals surface area contributed by atoms with Gasteiger partial charge in [-0.05, 0) is 19.3 Å². The summed E-state index contributed by atoms with van der Waals surface area (Å²) in [5.74, 6) is 1.26. The van der Waals surface area contributed by atoms with Gasteiger partial charge in [0, 0.05) is 17.4 Å². The highest BCUT2D eigenvalue weighted by atomic mass is 33.1. The Hall–Kier alpha value is 0.130. The number of carbonyl (C=O) groups is 1. The minimum Gasteiger partial charge on any atom is -0.460 e. The molecule has 1 rings (SSSR count). The van der Waals surface area contributed by atoms with Gasteiger partial charge in [-0.1, -0.05) is 28.0 Å². The van der Waals surface area contributed by atoms with Gasteiger partial charge in [0.1, 0.15) is 13.2 Å². The maximum Gasteiger partial charge on any atom is 0.305 e. The standard InChI is InChI=1S/C13H26NO2S2/c1-14(2,3)9-10-16-13(15)7-5-4-6-12-8-11-17-18-12/h12H,4-11H2,1-3H3/q+1/t12-/m1/s1. The van der Waals surface area contributed by atoms with Crippen LogP contribution in [0.1, 0.15) is 32.1 Å². The second-order valence-electron chi connectivity index (χ2n) is 5.81. The summed E-state index contributed by atoms with van der Waals surface area (Å²) >= 11 is 0. The first-order chi connectivity index (χ1) is 8.47. The number of ether oxygens (including phenoxy) is 1. The van der Waals surface area contributed by atoms with Gasteiger partial charge in [0.15, 0.2) is 0 Å². The number of esters is 1. The topological polar surface area (TPSA) is 26.3 Å². The van der Waals surface area contributed by atoms with Crippen LogP contribution in [0.5, 0.6) is 0 Å². The zero-order chi connectivity index (χ0) is 13.4. The van der Waals surface area contributed by atoms with Crippen LogP contribution in [0, 0.1) is 0 Å². The molecule has 0 aromatic rings. The maximum absolute atomic E-state index is 11.5. The van der Waals surface area contributed by atoms with E-state index in [0.29, 0.717) is 13.0 Å². The lowest BCUT2D eigenvalue weighted by Gasteiger charge is -2.23. The number of hydrogen-bond donors (Lipinski definition) is 0. The third kappa shape index (κ3) is 8.27. The quantitative estimate of drug-likeness (QED) is 0.297. The van der Waals surface area contributed by atoms with Crippen LogP contribution in [-0.4, -0.2) is 55.7 Å². The van der Waals surface area contributed by atoms with Crippen LogP contribution in [0.25, 0.3) is 0 Å². The van der Waals surface area contributed by atoms with Gasteiger partial charge < -0.3 is 9.22 Å². The van der Waals surface area contributed by atoms with Crippen molar-refractivity contribution < 1.29 is 14.0 Å². The van der Waals surface area contributed by atoms with Crippen molar-refractivity contribution >= 4 is 27.6 Å². The van der Waals surface area contributed by atoms with Crippen molar-refractivity contribution in [2.45, 2.75) is 37.4 Å². The molecule has 0 spiro atoms. The summed E-state index contributed by atoms with van der Waals surface area (Å²) < 4.78 is 6.06. The predicted molar refractivity (Wildman–Crippen MR) is 80.8 cm³/mol. The van der Waals surface area contributed by atoms with Gasteiger partial charge in [-0.25, -0.2) is 0 Å². The van der Waals surface area contributed by atoms with Crippen molar-refractivity contribution in [2.75, 3.05) is 40.0 Å². The van der Waals surface area contributed by atoms with Gasteiger partial charge in [-0.15, -0.1) is 0 Å². The Morgan fingerprint density at radius 3 is 2.72 bits per heavy atom. The number of unbranched alkanes of at least 4 members (excludes halogenated alkanes) is 1. The van der Waals surface area contributed by atoms with E-state index >= 15 is 0 Å². The largest absolute Gasteiger partial charge is 0.460 e. The van der Waals surface area contributed by atoms with Crippen LogP contribution < -0.4 is 0 Å². The molecule has 3 nitrogen and oxygen atoms in total. The normalized spacial score (nSPS) is 20.1. The molecule has 0 aromatic heterocycles. The third-order valence-corrected chi connectivity index (χ3v) is 5.92. The average molecular weight is 292 g/mol. The van der Waals surface area contributed by atoms with E-state index in [1.807, 2.05) is 21.6 Å². The van der Waals surface area contributed by atoms with Crippen molar-refractivity contribution in [3.8, 4) is 0 Å². The third-order valence-electron chi connectivity index (χ3n) is 2.91. The van der Waals surface area contributed by atoms with Gasteiger partial charge in [0.2, 0.25) is 0 Å². The lowest BCUT2D eigenvalue weighted by Crippen LogP contribution is -2.38. The Balaban J connectivity index is 1.93. The van der Waals surface area contributed by atoms with E-state index in [1.165, 1.54) is 18.6 Å². The highest BCUT2D eigenvalue weighted by molar-refractivity contribution is 8.77. The summed E-state index contributed by atoms with van der Waals surface area (Å²) in [7, 11) is 10.3.